The van der Waals surface area contributed by atoms with Gasteiger partial charge in [0, 0.05) is 18.5 Å². The molecule has 0 spiro atoms. The van der Waals surface area contributed by atoms with E-state index >= 15 is 0 Å². The molecule has 2 rings (SSSR count). The van der Waals surface area contributed by atoms with Crippen molar-refractivity contribution >= 4 is 5.91 Å². The first kappa shape index (κ1) is 14.9. The quantitative estimate of drug-likeness (QED) is 0.778. The lowest BCUT2D eigenvalue weighted by Gasteiger charge is -2.16. The zero-order valence-electron chi connectivity index (χ0n) is 11.0. The summed E-state index contributed by atoms with van der Waals surface area (Å²) < 4.78 is 26.9. The fourth-order valence-electron chi connectivity index (χ4n) is 2.53. The number of benzene rings is 1. The molecule has 1 saturated carbocycles. The Balaban J connectivity index is 1.92. The van der Waals surface area contributed by atoms with Crippen LogP contribution < -0.4 is 11.1 Å². The fourth-order valence-corrected chi connectivity index (χ4v) is 2.53. The maximum absolute atomic E-state index is 13.4. The van der Waals surface area contributed by atoms with Gasteiger partial charge < -0.3 is 16.2 Å². The predicted octanol–water partition coefficient (Wildman–Crippen LogP) is 1.24. The minimum absolute atomic E-state index is 0.0275. The van der Waals surface area contributed by atoms with Crippen molar-refractivity contribution in [3.8, 4) is 0 Å². The van der Waals surface area contributed by atoms with E-state index in [0.717, 1.165) is 18.6 Å². The van der Waals surface area contributed by atoms with Crippen molar-refractivity contribution in [1.29, 1.82) is 0 Å². The Morgan fingerprint density at radius 3 is 2.60 bits per heavy atom. The van der Waals surface area contributed by atoms with E-state index in [9.17, 15) is 18.7 Å². The summed E-state index contributed by atoms with van der Waals surface area (Å²) >= 11 is 0. The van der Waals surface area contributed by atoms with Crippen molar-refractivity contribution in [1.82, 2.24) is 5.32 Å². The van der Waals surface area contributed by atoms with Gasteiger partial charge >= 0.3 is 0 Å². The van der Waals surface area contributed by atoms with Crippen LogP contribution in [0.1, 0.15) is 30.9 Å². The lowest BCUT2D eigenvalue weighted by Crippen LogP contribution is -2.34. The average Bonchev–Trinajstić information content (AvgIpc) is 2.82. The highest BCUT2D eigenvalue weighted by Gasteiger charge is 2.28. The van der Waals surface area contributed by atoms with Gasteiger partial charge in [0.05, 0.1) is 5.56 Å². The van der Waals surface area contributed by atoms with Gasteiger partial charge in [-0.2, -0.15) is 0 Å². The van der Waals surface area contributed by atoms with E-state index in [1.165, 1.54) is 6.07 Å². The number of halogens is 2. The molecule has 0 unspecified atom stereocenters. The van der Waals surface area contributed by atoms with Gasteiger partial charge in [-0.3, -0.25) is 4.79 Å². The zero-order chi connectivity index (χ0) is 14.7. The highest BCUT2D eigenvalue weighted by molar-refractivity contribution is 5.79. The second-order valence-electron chi connectivity index (χ2n) is 5.17. The molecule has 4 nitrogen and oxygen atoms in total. The topological polar surface area (TPSA) is 75.4 Å². The van der Waals surface area contributed by atoms with Gasteiger partial charge in [-0.05, 0) is 31.4 Å². The van der Waals surface area contributed by atoms with Crippen molar-refractivity contribution in [2.24, 2.45) is 11.7 Å². The first-order valence-corrected chi connectivity index (χ1v) is 6.64. The maximum Gasteiger partial charge on any atom is 0.223 e. The van der Waals surface area contributed by atoms with E-state index < -0.39 is 23.3 Å². The van der Waals surface area contributed by atoms with Gasteiger partial charge in [0.15, 0.2) is 0 Å². The summed E-state index contributed by atoms with van der Waals surface area (Å²) in [5, 5.41) is 12.3. The Morgan fingerprint density at radius 1 is 1.40 bits per heavy atom. The highest BCUT2D eigenvalue weighted by atomic mass is 19.1. The van der Waals surface area contributed by atoms with Crippen molar-refractivity contribution in [2.45, 2.75) is 31.4 Å². The van der Waals surface area contributed by atoms with Crippen LogP contribution in [0.5, 0.6) is 0 Å². The molecule has 6 heteroatoms. The van der Waals surface area contributed by atoms with E-state index in [1.807, 2.05) is 0 Å². The van der Waals surface area contributed by atoms with Gasteiger partial charge in [-0.25, -0.2) is 8.78 Å². The van der Waals surface area contributed by atoms with Crippen LogP contribution in [0.15, 0.2) is 18.2 Å². The van der Waals surface area contributed by atoms with Gasteiger partial charge in [-0.1, -0.05) is 6.07 Å². The van der Waals surface area contributed by atoms with Crippen molar-refractivity contribution < 1.29 is 18.7 Å². The van der Waals surface area contributed by atoms with Crippen molar-refractivity contribution in [3.05, 3.63) is 35.4 Å². The van der Waals surface area contributed by atoms with Crippen molar-refractivity contribution in [3.63, 3.8) is 0 Å². The number of hydrogen-bond donors (Lipinski definition) is 3. The first-order valence-electron chi connectivity index (χ1n) is 6.64. The number of carbonyl (C=O) groups excluding carboxylic acids is 1. The summed E-state index contributed by atoms with van der Waals surface area (Å²) in [6.45, 7) is -0.220. The Kier molecular flexibility index (Phi) is 4.67. The molecule has 20 heavy (non-hydrogen) atoms. The first-order chi connectivity index (χ1) is 9.49. The third-order valence-electron chi connectivity index (χ3n) is 3.65. The van der Waals surface area contributed by atoms with Gasteiger partial charge in [-0.15, -0.1) is 0 Å². The second kappa shape index (κ2) is 6.28. The molecule has 1 amide bonds. The molecule has 0 aliphatic heterocycles. The Bertz CT molecular complexity index is 476. The molecule has 110 valence electrons. The molecule has 0 aromatic heterocycles. The van der Waals surface area contributed by atoms with Gasteiger partial charge in [0.2, 0.25) is 5.91 Å². The van der Waals surface area contributed by atoms with Gasteiger partial charge in [0.1, 0.15) is 17.7 Å². The van der Waals surface area contributed by atoms with E-state index in [0.29, 0.717) is 12.8 Å². The summed E-state index contributed by atoms with van der Waals surface area (Å²) in [7, 11) is 0. The van der Waals surface area contributed by atoms with Crippen LogP contribution in [0, 0.1) is 17.6 Å². The summed E-state index contributed by atoms with van der Waals surface area (Å²) in [5.41, 5.74) is 5.30. The third kappa shape index (κ3) is 3.32. The molecular formula is C14H18F2N2O2. The summed E-state index contributed by atoms with van der Waals surface area (Å²) in [4.78, 5) is 11.8. The van der Waals surface area contributed by atoms with Crippen LogP contribution in [-0.4, -0.2) is 23.6 Å². The van der Waals surface area contributed by atoms with Gasteiger partial charge in [0.25, 0.3) is 0 Å². The van der Waals surface area contributed by atoms with Crippen LogP contribution in [0.2, 0.25) is 0 Å². The number of rotatable bonds is 4. The minimum atomic E-state index is -1.41. The maximum atomic E-state index is 13.4. The van der Waals surface area contributed by atoms with E-state index in [-0.39, 0.29) is 24.4 Å². The van der Waals surface area contributed by atoms with Crippen LogP contribution >= 0.6 is 0 Å². The smallest absolute Gasteiger partial charge is 0.223 e. The van der Waals surface area contributed by atoms with Crippen molar-refractivity contribution in [2.75, 3.05) is 6.54 Å². The summed E-state index contributed by atoms with van der Waals surface area (Å²) in [5.74, 6) is -2.05. The SMILES string of the molecule is N[C@@H]1CC[C@@H](C(=O)NC[C@@H](O)c2c(F)cccc2F)C1. The molecule has 1 aliphatic carbocycles. The molecule has 0 saturated heterocycles. The molecular weight excluding hydrogens is 266 g/mol. The van der Waals surface area contributed by atoms with Crippen LogP contribution in [0.3, 0.4) is 0 Å². The number of amides is 1. The fraction of sp³-hybridized carbons (Fsp3) is 0.500. The normalized spacial score (nSPS) is 23.6. The standard InChI is InChI=1S/C14H18F2N2O2/c15-10-2-1-3-11(16)13(10)12(19)7-18-14(20)8-4-5-9(17)6-8/h1-3,8-9,12,19H,4-7,17H2,(H,18,20)/t8-,9-,12-/m1/s1. The zero-order valence-corrected chi connectivity index (χ0v) is 11.0. The Labute approximate surface area is 116 Å². The second-order valence-corrected chi connectivity index (χ2v) is 5.17. The van der Waals surface area contributed by atoms with E-state index in [4.69, 9.17) is 5.73 Å². The molecule has 0 radical (unpaired) electrons. The molecule has 1 fully saturated rings. The number of nitrogens with two attached hydrogens (primary N) is 1. The highest BCUT2D eigenvalue weighted by Crippen LogP contribution is 2.25. The Morgan fingerprint density at radius 2 is 2.05 bits per heavy atom. The molecule has 1 aromatic rings. The van der Waals surface area contributed by atoms with Crippen LogP contribution in [0.4, 0.5) is 8.78 Å². The summed E-state index contributed by atoms with van der Waals surface area (Å²) in [6.07, 6.45) is 0.700. The number of hydrogen-bond acceptors (Lipinski definition) is 3. The van der Waals surface area contributed by atoms with Crippen LogP contribution in [0.25, 0.3) is 0 Å². The van der Waals surface area contributed by atoms with E-state index in [1.54, 1.807) is 0 Å². The lowest BCUT2D eigenvalue weighted by molar-refractivity contribution is -0.125. The molecule has 1 aromatic carbocycles. The molecule has 1 aliphatic rings. The lowest BCUT2D eigenvalue weighted by atomic mass is 10.1. The monoisotopic (exact) mass is 284 g/mol. The largest absolute Gasteiger partial charge is 0.386 e. The van der Waals surface area contributed by atoms with Crippen LogP contribution in [-0.2, 0) is 4.79 Å². The Hall–Kier alpha value is -1.53. The summed E-state index contributed by atoms with van der Waals surface area (Å²) in [6, 6.07) is 3.39. The molecule has 3 atom stereocenters. The molecule has 4 N–H and O–H groups in total. The third-order valence-corrected chi connectivity index (χ3v) is 3.65. The number of aliphatic hydroxyl groups excluding tert-OH is 1. The number of nitrogens with one attached hydrogen (secondary N) is 1. The predicted molar refractivity (Wildman–Crippen MR) is 69.6 cm³/mol. The number of aliphatic hydroxyl groups is 1. The average molecular weight is 284 g/mol. The minimum Gasteiger partial charge on any atom is -0.386 e. The molecule has 0 heterocycles. The van der Waals surface area contributed by atoms with E-state index in [2.05, 4.69) is 5.32 Å². The number of carbonyl (C=O) groups is 1. The molecule has 0 bridgehead atoms.